The second kappa shape index (κ2) is 7.31. The zero-order valence-corrected chi connectivity index (χ0v) is 15.2. The van der Waals surface area contributed by atoms with Crippen molar-refractivity contribution < 1.29 is 30.7 Å². The number of nitrogens with zero attached hydrogens (tertiary/aromatic N) is 2. The van der Waals surface area contributed by atoms with Gasteiger partial charge in [0, 0.05) is 11.1 Å². The van der Waals surface area contributed by atoms with E-state index in [-0.39, 0.29) is 35.1 Å². The van der Waals surface area contributed by atoms with Crippen LogP contribution in [0, 0.1) is 5.82 Å². The van der Waals surface area contributed by atoms with Gasteiger partial charge in [-0.25, -0.2) is 13.5 Å². The van der Waals surface area contributed by atoms with E-state index in [1.165, 1.54) is 18.0 Å². The van der Waals surface area contributed by atoms with Crippen LogP contribution in [0.4, 0.5) is 4.39 Å². The molecule has 4 rings (SSSR count). The van der Waals surface area contributed by atoms with Gasteiger partial charge in [-0.15, -0.1) is 0 Å². The number of Topliss-reactive ketones (excluding diaryl/α,β-unsaturated/α-hetero) is 1. The Bertz CT molecular complexity index is 888. The molecule has 0 fully saturated rings. The normalized spacial score (nSPS) is 12.5. The molecule has 0 spiro atoms. The first-order chi connectivity index (χ1) is 11.7. The maximum atomic E-state index is 13.0. The minimum Gasteiger partial charge on any atom is -1.00 e. The Labute approximate surface area is 156 Å². The van der Waals surface area contributed by atoms with Gasteiger partial charge in [-0.1, -0.05) is 30.3 Å². The lowest BCUT2D eigenvalue weighted by Crippen LogP contribution is -3.00. The highest BCUT2D eigenvalue weighted by Gasteiger charge is 2.29. The molecule has 0 bridgehead atoms. The van der Waals surface area contributed by atoms with Crippen LogP contribution in [0.15, 0.2) is 60.8 Å². The number of imidazole rings is 1. The van der Waals surface area contributed by atoms with Crippen LogP contribution in [-0.2, 0) is 19.5 Å². The maximum absolute atomic E-state index is 13.0. The van der Waals surface area contributed by atoms with Crippen LogP contribution in [0.5, 0.6) is 0 Å². The van der Waals surface area contributed by atoms with Gasteiger partial charge >= 0.3 is 0 Å². The smallest absolute Gasteiger partial charge is 0.257 e. The van der Waals surface area contributed by atoms with E-state index < -0.39 is 0 Å². The molecule has 0 N–H and O–H groups in total. The van der Waals surface area contributed by atoms with Crippen LogP contribution < -0.4 is 21.5 Å². The van der Waals surface area contributed by atoms with Gasteiger partial charge in [-0.2, -0.15) is 0 Å². The number of hydrogen-bond donors (Lipinski definition) is 0. The second-order valence-electron chi connectivity index (χ2n) is 6.11. The van der Waals surface area contributed by atoms with Crippen molar-refractivity contribution in [1.82, 2.24) is 4.57 Å². The molecule has 5 heteroatoms. The monoisotopic (exact) mass is 400 g/mol. The molecule has 2 heterocycles. The third-order valence-electron chi connectivity index (χ3n) is 4.54. The summed E-state index contributed by atoms with van der Waals surface area (Å²) in [5.41, 5.74) is 2.85. The topological polar surface area (TPSA) is 25.9 Å². The highest BCUT2D eigenvalue weighted by molar-refractivity contribution is 5.95. The standard InChI is InChI=1S/C20H18FN2O.BrH/c21-17-10-8-16(9-11-17)19(24)14-22-13-18(15-5-2-1-3-6-15)23-12-4-7-20(22)23;/h1-3,5-6,8-11,13H,4,7,12,14H2;1H/q+1;/p-1. The third-order valence-corrected chi connectivity index (χ3v) is 4.54. The van der Waals surface area contributed by atoms with E-state index in [2.05, 4.69) is 22.9 Å². The molecule has 0 saturated carbocycles. The number of carbonyl (C=O) groups is 1. The summed E-state index contributed by atoms with van der Waals surface area (Å²) in [6, 6.07) is 16.0. The molecule has 1 aliphatic heterocycles. The number of benzene rings is 2. The molecule has 0 atom stereocenters. The summed E-state index contributed by atoms with van der Waals surface area (Å²) in [7, 11) is 0. The summed E-state index contributed by atoms with van der Waals surface area (Å²) < 4.78 is 17.4. The average Bonchev–Trinajstić information content (AvgIpc) is 3.20. The first-order valence-electron chi connectivity index (χ1n) is 8.18. The molecule has 1 aliphatic rings. The summed E-state index contributed by atoms with van der Waals surface area (Å²) in [5, 5.41) is 0. The molecule has 0 aliphatic carbocycles. The zero-order chi connectivity index (χ0) is 16.5. The SMILES string of the molecule is O=C(C[n+]1cc(-c2ccccc2)n2c1CCC2)c1ccc(F)cc1.[Br-]. The van der Waals surface area contributed by atoms with Crippen LogP contribution >= 0.6 is 0 Å². The first kappa shape index (κ1) is 17.5. The Morgan fingerprint density at radius 1 is 1.08 bits per heavy atom. The highest BCUT2D eigenvalue weighted by atomic mass is 79.9. The van der Waals surface area contributed by atoms with Crippen LogP contribution in [0.25, 0.3) is 11.3 Å². The predicted molar refractivity (Wildman–Crippen MR) is 89.1 cm³/mol. The fourth-order valence-electron chi connectivity index (χ4n) is 3.37. The van der Waals surface area contributed by atoms with Crippen molar-refractivity contribution >= 4 is 5.78 Å². The van der Waals surface area contributed by atoms with E-state index in [1.807, 2.05) is 22.8 Å². The zero-order valence-electron chi connectivity index (χ0n) is 13.7. The molecule has 3 aromatic rings. The van der Waals surface area contributed by atoms with Gasteiger partial charge in [0.15, 0.2) is 12.2 Å². The fourth-order valence-corrected chi connectivity index (χ4v) is 3.37. The Balaban J connectivity index is 0.00000182. The van der Waals surface area contributed by atoms with E-state index in [4.69, 9.17) is 0 Å². The van der Waals surface area contributed by atoms with E-state index in [9.17, 15) is 9.18 Å². The van der Waals surface area contributed by atoms with Crippen molar-refractivity contribution in [2.24, 2.45) is 0 Å². The van der Waals surface area contributed by atoms with Crippen molar-refractivity contribution in [3.8, 4) is 11.3 Å². The van der Waals surface area contributed by atoms with Crippen molar-refractivity contribution in [2.45, 2.75) is 25.9 Å². The van der Waals surface area contributed by atoms with E-state index >= 15 is 0 Å². The van der Waals surface area contributed by atoms with Crippen molar-refractivity contribution in [3.05, 3.63) is 78.0 Å². The number of rotatable bonds is 4. The number of ketones is 1. The fraction of sp³-hybridized carbons (Fsp3) is 0.200. The van der Waals surface area contributed by atoms with Gasteiger partial charge in [0.2, 0.25) is 5.78 Å². The maximum Gasteiger partial charge on any atom is 0.257 e. The molecular weight excluding hydrogens is 383 g/mol. The van der Waals surface area contributed by atoms with Gasteiger partial charge in [0.25, 0.3) is 5.82 Å². The molecule has 0 unspecified atom stereocenters. The lowest BCUT2D eigenvalue weighted by atomic mass is 10.1. The Kier molecular flexibility index (Phi) is 5.13. The Morgan fingerprint density at radius 3 is 2.52 bits per heavy atom. The summed E-state index contributed by atoms with van der Waals surface area (Å²) in [6.45, 7) is 1.27. The second-order valence-corrected chi connectivity index (χ2v) is 6.11. The van der Waals surface area contributed by atoms with Gasteiger partial charge in [0.05, 0.1) is 13.0 Å². The summed E-state index contributed by atoms with van der Waals surface area (Å²) >= 11 is 0. The quantitative estimate of drug-likeness (QED) is 0.460. The van der Waals surface area contributed by atoms with Crippen molar-refractivity contribution in [1.29, 1.82) is 0 Å². The molecule has 25 heavy (non-hydrogen) atoms. The minimum atomic E-state index is -0.324. The van der Waals surface area contributed by atoms with E-state index in [0.717, 1.165) is 30.6 Å². The minimum absolute atomic E-state index is 0. The van der Waals surface area contributed by atoms with Crippen LogP contribution in [0.3, 0.4) is 0 Å². The van der Waals surface area contributed by atoms with E-state index in [0.29, 0.717) is 5.56 Å². The molecule has 128 valence electrons. The first-order valence-corrected chi connectivity index (χ1v) is 8.18. The molecule has 3 nitrogen and oxygen atoms in total. The summed E-state index contributed by atoms with van der Waals surface area (Å²) in [4.78, 5) is 12.5. The van der Waals surface area contributed by atoms with Crippen molar-refractivity contribution in [3.63, 3.8) is 0 Å². The van der Waals surface area contributed by atoms with Gasteiger partial charge in [0.1, 0.15) is 12.0 Å². The Morgan fingerprint density at radius 2 is 1.80 bits per heavy atom. The number of aromatic nitrogens is 2. The summed E-state index contributed by atoms with van der Waals surface area (Å²) in [5.74, 6) is 0.861. The van der Waals surface area contributed by atoms with Crippen LogP contribution in [0.2, 0.25) is 0 Å². The molecule has 0 radical (unpaired) electrons. The van der Waals surface area contributed by atoms with Crippen molar-refractivity contribution in [2.75, 3.05) is 0 Å². The van der Waals surface area contributed by atoms with Crippen LogP contribution in [0.1, 0.15) is 22.6 Å². The predicted octanol–water partition coefficient (Wildman–Crippen LogP) is 0.415. The molecular formula is C20H18BrFN2O. The van der Waals surface area contributed by atoms with Gasteiger partial charge in [-0.05, 0) is 30.7 Å². The molecule has 2 aromatic carbocycles. The Hall–Kier alpha value is -2.27. The number of hydrogen-bond acceptors (Lipinski definition) is 1. The average molecular weight is 401 g/mol. The van der Waals surface area contributed by atoms with Gasteiger partial charge < -0.3 is 17.0 Å². The van der Waals surface area contributed by atoms with Crippen LogP contribution in [-0.4, -0.2) is 10.4 Å². The molecule has 0 saturated heterocycles. The number of carbonyl (C=O) groups excluding carboxylic acids is 1. The largest absolute Gasteiger partial charge is 1.00 e. The molecule has 0 amide bonds. The number of fused-ring (bicyclic) bond motifs is 1. The lowest BCUT2D eigenvalue weighted by molar-refractivity contribution is -0.689. The lowest BCUT2D eigenvalue weighted by Gasteiger charge is -2.00. The molecule has 1 aromatic heterocycles. The third kappa shape index (κ3) is 3.42. The van der Waals surface area contributed by atoms with Gasteiger partial charge in [-0.3, -0.25) is 4.79 Å². The van der Waals surface area contributed by atoms with E-state index in [1.54, 1.807) is 12.1 Å². The number of halogens is 2. The highest BCUT2D eigenvalue weighted by Crippen LogP contribution is 2.24. The summed E-state index contributed by atoms with van der Waals surface area (Å²) in [6.07, 6.45) is 4.13.